The van der Waals surface area contributed by atoms with Gasteiger partial charge in [-0.2, -0.15) is 4.68 Å². The third-order valence-corrected chi connectivity index (χ3v) is 6.38. The molecular weight excluding hydrogens is 455 g/mol. The Balaban J connectivity index is 1.20. The highest BCUT2D eigenvalue weighted by Gasteiger charge is 2.36. The van der Waals surface area contributed by atoms with Crippen LogP contribution < -0.4 is 4.74 Å². The number of aromatic nitrogens is 5. The van der Waals surface area contributed by atoms with Gasteiger partial charge in [0.15, 0.2) is 0 Å². The first-order chi connectivity index (χ1) is 17.1. The van der Waals surface area contributed by atoms with Crippen LogP contribution in [0.5, 0.6) is 5.75 Å². The number of carbonyl (C=O) groups is 1. The zero-order valence-corrected chi connectivity index (χ0v) is 19.0. The summed E-state index contributed by atoms with van der Waals surface area (Å²) in [4.78, 5) is 24.7. The molecule has 35 heavy (non-hydrogen) atoms. The lowest BCUT2D eigenvalue weighted by atomic mass is 10.0. The van der Waals surface area contributed by atoms with Gasteiger partial charge >= 0.3 is 0 Å². The number of rotatable bonds is 5. The Hall–Kier alpha value is -3.95. The summed E-state index contributed by atoms with van der Waals surface area (Å²) in [6, 6.07) is 6.58. The van der Waals surface area contributed by atoms with Gasteiger partial charge in [0.1, 0.15) is 17.9 Å². The van der Waals surface area contributed by atoms with Crippen molar-refractivity contribution in [2.24, 2.45) is 0 Å². The van der Waals surface area contributed by atoms with Crippen LogP contribution in [0.3, 0.4) is 0 Å². The zero-order valence-electron chi connectivity index (χ0n) is 19.0. The molecule has 1 aromatic carbocycles. The van der Waals surface area contributed by atoms with E-state index >= 15 is 0 Å². The van der Waals surface area contributed by atoms with Crippen molar-refractivity contribution in [3.05, 3.63) is 65.3 Å². The van der Waals surface area contributed by atoms with Gasteiger partial charge in [-0.3, -0.25) is 14.7 Å². The van der Waals surface area contributed by atoms with Gasteiger partial charge in [-0.05, 0) is 28.6 Å². The molecule has 2 aliphatic heterocycles. The molecule has 1 amide bonds. The van der Waals surface area contributed by atoms with Crippen molar-refractivity contribution in [3.8, 4) is 11.4 Å². The first-order valence-corrected chi connectivity index (χ1v) is 11.1. The molecule has 3 aromatic rings. The molecular formula is C23H23FN8O3. The molecule has 2 aliphatic rings. The second-order valence-electron chi connectivity index (χ2n) is 8.38. The monoisotopic (exact) mass is 478 g/mol. The normalized spacial score (nSPS) is 20.2. The quantitative estimate of drug-likeness (QED) is 0.510. The van der Waals surface area contributed by atoms with Crippen molar-refractivity contribution in [3.63, 3.8) is 0 Å². The van der Waals surface area contributed by atoms with Gasteiger partial charge in [-0.25, -0.2) is 9.24 Å². The van der Waals surface area contributed by atoms with Gasteiger partial charge in [0, 0.05) is 37.4 Å². The van der Waals surface area contributed by atoms with Gasteiger partial charge in [-0.15, -0.1) is 5.10 Å². The van der Waals surface area contributed by atoms with E-state index in [0.717, 1.165) is 5.69 Å². The fourth-order valence-corrected chi connectivity index (χ4v) is 4.54. The Morgan fingerprint density at radius 1 is 1.29 bits per heavy atom. The fourth-order valence-electron chi connectivity index (χ4n) is 4.54. The minimum atomic E-state index is -0.610. The van der Waals surface area contributed by atoms with Crippen LogP contribution >= 0.6 is 0 Å². The lowest BCUT2D eigenvalue weighted by Gasteiger charge is -2.46. The van der Waals surface area contributed by atoms with Crippen LogP contribution in [0.25, 0.3) is 10.5 Å². The van der Waals surface area contributed by atoms with Crippen molar-refractivity contribution >= 4 is 11.6 Å². The zero-order chi connectivity index (χ0) is 24.4. The minimum Gasteiger partial charge on any atom is -0.507 e. The summed E-state index contributed by atoms with van der Waals surface area (Å²) < 4.78 is 27.0. The maximum atomic E-state index is 14.0. The Labute approximate surface area is 200 Å². The number of tetrazole rings is 1. The summed E-state index contributed by atoms with van der Waals surface area (Å²) in [6.45, 7) is 10.1. The largest absolute Gasteiger partial charge is 0.507 e. The third-order valence-electron chi connectivity index (χ3n) is 6.38. The van der Waals surface area contributed by atoms with E-state index in [1.807, 2.05) is 11.0 Å². The molecule has 2 saturated heterocycles. The van der Waals surface area contributed by atoms with Crippen molar-refractivity contribution in [2.75, 3.05) is 39.9 Å². The number of morpholine rings is 1. The first kappa shape index (κ1) is 22.8. The van der Waals surface area contributed by atoms with Gasteiger partial charge in [0.05, 0.1) is 50.7 Å². The number of carbonyl (C=O) groups excluding carboxylic acids is 1. The minimum absolute atomic E-state index is 0.0105. The number of methoxy groups -OCH3 is 1. The highest BCUT2D eigenvalue weighted by molar-refractivity contribution is 5.78. The number of piperazine rings is 1. The molecule has 0 aliphatic carbocycles. The van der Waals surface area contributed by atoms with Gasteiger partial charge in [0.2, 0.25) is 5.91 Å². The summed E-state index contributed by atoms with van der Waals surface area (Å²) in [5, 5.41) is 11.0. The highest BCUT2D eigenvalue weighted by atomic mass is 19.1. The number of amides is 1. The maximum absolute atomic E-state index is 14.0. The number of pyridine rings is 1. The van der Waals surface area contributed by atoms with Crippen LogP contribution in [0.15, 0.2) is 36.8 Å². The summed E-state index contributed by atoms with van der Waals surface area (Å²) >= 11 is 0. The number of benzene rings is 1. The molecule has 180 valence electrons. The molecule has 0 saturated carbocycles. The van der Waals surface area contributed by atoms with Gasteiger partial charge in [-0.1, -0.05) is 6.07 Å². The number of nitrogens with zero attached hydrogens (tertiary/aromatic N) is 8. The lowest BCUT2D eigenvalue weighted by Crippen LogP contribution is -2.59. The highest BCUT2D eigenvalue weighted by Crippen LogP contribution is 2.40. The SMILES string of the molecule is [C-]#[N+]c1c(F)ccc([C@H]2CN3CCN(C(=O)Cc4ccc(-n5cnnn5)cn4)C[C@H]3CO2)c1OC. The molecule has 12 heteroatoms. The van der Waals surface area contributed by atoms with Crippen LogP contribution in [-0.2, 0) is 16.0 Å². The Morgan fingerprint density at radius 2 is 2.17 bits per heavy atom. The topological polar surface area (TPSA) is 103 Å². The number of hydrogen-bond donors (Lipinski definition) is 0. The van der Waals surface area contributed by atoms with Crippen LogP contribution in [-0.4, -0.2) is 86.8 Å². The van der Waals surface area contributed by atoms with E-state index in [2.05, 4.69) is 30.3 Å². The molecule has 0 N–H and O–H groups in total. The van der Waals surface area contributed by atoms with E-state index in [-0.39, 0.29) is 35.9 Å². The number of halogens is 1. The molecule has 0 bridgehead atoms. The van der Waals surface area contributed by atoms with E-state index in [0.29, 0.717) is 44.0 Å². The summed E-state index contributed by atoms with van der Waals surface area (Å²) in [5.41, 5.74) is 1.92. The van der Waals surface area contributed by atoms with Crippen LogP contribution in [0.1, 0.15) is 17.4 Å². The molecule has 2 atom stereocenters. The number of fused-ring (bicyclic) bond motifs is 1. The standard InChI is InChI=1S/C23H23FN8O3/c1-25-22-19(24)6-5-18(23(22)34-2)20-12-30-7-8-31(11-17(30)13-35-20)21(33)9-15-3-4-16(10-26-15)32-14-27-28-29-32/h3-6,10,14,17,20H,7-9,11-13H2,2H3/t17-,20+/m0/s1. The van der Waals surface area contributed by atoms with E-state index < -0.39 is 5.82 Å². The van der Waals surface area contributed by atoms with Gasteiger partial charge in [0.25, 0.3) is 5.69 Å². The molecule has 2 fully saturated rings. The van der Waals surface area contributed by atoms with Crippen molar-refractivity contribution < 1.29 is 18.7 Å². The van der Waals surface area contributed by atoms with E-state index in [4.69, 9.17) is 16.0 Å². The third kappa shape index (κ3) is 4.55. The molecule has 0 unspecified atom stereocenters. The number of ether oxygens (including phenoxy) is 2. The lowest BCUT2D eigenvalue weighted by molar-refractivity contribution is -0.139. The maximum Gasteiger partial charge on any atom is 0.263 e. The average molecular weight is 478 g/mol. The second kappa shape index (κ2) is 9.73. The van der Waals surface area contributed by atoms with Crippen molar-refractivity contribution in [2.45, 2.75) is 18.6 Å². The van der Waals surface area contributed by atoms with E-state index in [9.17, 15) is 9.18 Å². The Morgan fingerprint density at radius 3 is 2.89 bits per heavy atom. The van der Waals surface area contributed by atoms with E-state index in [1.54, 1.807) is 18.3 Å². The first-order valence-electron chi connectivity index (χ1n) is 11.1. The number of hydrogen-bond acceptors (Lipinski definition) is 8. The molecule has 0 radical (unpaired) electrons. The van der Waals surface area contributed by atoms with Crippen LogP contribution in [0.4, 0.5) is 10.1 Å². The van der Waals surface area contributed by atoms with Crippen molar-refractivity contribution in [1.29, 1.82) is 0 Å². The predicted octanol–water partition coefficient (Wildman–Crippen LogP) is 1.58. The molecule has 2 aromatic heterocycles. The van der Waals surface area contributed by atoms with E-state index in [1.165, 1.54) is 24.2 Å². The molecule has 5 rings (SSSR count). The molecule has 4 heterocycles. The summed E-state index contributed by atoms with van der Waals surface area (Å²) in [6.07, 6.45) is 2.98. The summed E-state index contributed by atoms with van der Waals surface area (Å²) in [7, 11) is 1.43. The predicted molar refractivity (Wildman–Crippen MR) is 121 cm³/mol. The van der Waals surface area contributed by atoms with Gasteiger partial charge < -0.3 is 14.4 Å². The Kier molecular flexibility index (Phi) is 6.35. The fraction of sp³-hybridized carbons (Fsp3) is 0.391. The van der Waals surface area contributed by atoms with Crippen molar-refractivity contribution in [1.82, 2.24) is 35.0 Å². The second-order valence-corrected chi connectivity index (χ2v) is 8.38. The van der Waals surface area contributed by atoms with Crippen LogP contribution in [0, 0.1) is 12.4 Å². The van der Waals surface area contributed by atoms with Crippen LogP contribution in [0.2, 0.25) is 0 Å². The Bertz CT molecular complexity index is 1240. The molecule has 11 nitrogen and oxygen atoms in total. The average Bonchev–Trinajstić information content (AvgIpc) is 3.43. The summed E-state index contributed by atoms with van der Waals surface area (Å²) in [5.74, 6) is -0.381. The molecule has 0 spiro atoms. The smallest absolute Gasteiger partial charge is 0.263 e.